The minimum atomic E-state index is -1.35. The summed E-state index contributed by atoms with van der Waals surface area (Å²) in [6.07, 6.45) is -0.922. The van der Waals surface area contributed by atoms with Gasteiger partial charge in [0.05, 0.1) is 6.10 Å². The van der Waals surface area contributed by atoms with Gasteiger partial charge in [-0.3, -0.25) is 24.2 Å². The number of carboxylic acids is 1. The minimum Gasteiger partial charge on any atom is -0.480 e. The van der Waals surface area contributed by atoms with Crippen LogP contribution in [0.1, 0.15) is 52.9 Å². The van der Waals surface area contributed by atoms with Crippen molar-refractivity contribution in [2.75, 3.05) is 6.54 Å². The predicted octanol–water partition coefficient (Wildman–Crippen LogP) is -3.40. The zero-order valence-electron chi connectivity index (χ0n) is 20.9. The van der Waals surface area contributed by atoms with Crippen LogP contribution in [0.25, 0.3) is 0 Å². The van der Waals surface area contributed by atoms with Crippen LogP contribution in [0.4, 0.5) is 0 Å². The first-order valence-electron chi connectivity index (χ1n) is 11.6. The molecule has 0 bridgehead atoms. The minimum absolute atomic E-state index is 0.0326. The Morgan fingerprint density at radius 3 is 1.89 bits per heavy atom. The highest BCUT2D eigenvalue weighted by molar-refractivity contribution is 5.94. The van der Waals surface area contributed by atoms with E-state index in [4.69, 9.17) is 22.9 Å². The van der Waals surface area contributed by atoms with E-state index in [0.29, 0.717) is 6.42 Å². The number of nitrogens with two attached hydrogens (primary N) is 4. The summed E-state index contributed by atoms with van der Waals surface area (Å²) in [5, 5.41) is 26.3. The number of aliphatic hydroxyl groups is 1. The van der Waals surface area contributed by atoms with Crippen molar-refractivity contribution in [1.29, 1.82) is 0 Å². The highest BCUT2D eigenvalue weighted by Crippen LogP contribution is 2.10. The summed E-state index contributed by atoms with van der Waals surface area (Å²) in [4.78, 5) is 65.0. The van der Waals surface area contributed by atoms with E-state index in [9.17, 15) is 34.2 Å². The van der Waals surface area contributed by atoms with Crippen molar-refractivity contribution in [3.63, 3.8) is 0 Å². The van der Waals surface area contributed by atoms with Gasteiger partial charge < -0.3 is 49.1 Å². The molecule has 0 aromatic rings. The molecule has 0 saturated carbocycles. The summed E-state index contributed by atoms with van der Waals surface area (Å²) in [6.45, 7) is 4.86. The topological polar surface area (TPSA) is 278 Å². The third kappa shape index (κ3) is 12.3. The number of hydrogen-bond donors (Lipinski definition) is 9. The molecule has 0 heterocycles. The van der Waals surface area contributed by atoms with Gasteiger partial charge in [-0.15, -0.1) is 0 Å². The van der Waals surface area contributed by atoms with Gasteiger partial charge in [-0.1, -0.05) is 20.3 Å². The van der Waals surface area contributed by atoms with E-state index in [1.54, 1.807) is 13.8 Å². The lowest BCUT2D eigenvalue weighted by Gasteiger charge is -2.26. The van der Waals surface area contributed by atoms with E-state index < -0.39 is 65.8 Å². The Labute approximate surface area is 209 Å². The summed E-state index contributed by atoms with van der Waals surface area (Å²) in [5.74, 6) is -4.97. The first kappa shape index (κ1) is 32.5. The van der Waals surface area contributed by atoms with Crippen LogP contribution in [-0.2, 0) is 24.0 Å². The van der Waals surface area contributed by atoms with Gasteiger partial charge in [-0.05, 0) is 32.1 Å². The first-order valence-corrected chi connectivity index (χ1v) is 11.6. The van der Waals surface area contributed by atoms with Gasteiger partial charge in [-0.2, -0.15) is 0 Å². The van der Waals surface area contributed by atoms with Gasteiger partial charge in [0.25, 0.3) is 0 Å². The number of carbonyl (C=O) groups is 5. The SMILES string of the molecule is CCC(C)C(NC(=O)C(CCCN=C(N)N)NC(=O)C(CCC(N)=O)NC(=O)C(N)C(C)O)C(=O)O. The van der Waals surface area contributed by atoms with Crippen LogP contribution >= 0.6 is 0 Å². The molecule has 0 fully saturated rings. The van der Waals surface area contributed by atoms with Crippen LogP contribution in [0.3, 0.4) is 0 Å². The number of rotatable bonds is 17. The lowest BCUT2D eigenvalue weighted by molar-refractivity contribution is -0.144. The Balaban J connectivity index is 5.75. The summed E-state index contributed by atoms with van der Waals surface area (Å²) in [6, 6.07) is -5.07. The normalized spacial score (nSPS) is 15.8. The van der Waals surface area contributed by atoms with Gasteiger partial charge in [0.15, 0.2) is 5.96 Å². The molecule has 0 radical (unpaired) electrons. The number of nitrogens with one attached hydrogen (secondary N) is 3. The quantitative estimate of drug-likeness (QED) is 0.0524. The van der Waals surface area contributed by atoms with E-state index in [1.165, 1.54) is 6.92 Å². The molecule has 0 saturated heterocycles. The Morgan fingerprint density at radius 1 is 0.889 bits per heavy atom. The van der Waals surface area contributed by atoms with E-state index in [-0.39, 0.29) is 38.2 Å². The Kier molecular flexibility index (Phi) is 14.7. The Hall–Kier alpha value is -3.46. The molecule has 6 atom stereocenters. The summed E-state index contributed by atoms with van der Waals surface area (Å²) in [5.41, 5.74) is 21.4. The van der Waals surface area contributed by atoms with Crippen LogP contribution < -0.4 is 38.9 Å². The first-order chi connectivity index (χ1) is 16.7. The third-order valence-corrected chi connectivity index (χ3v) is 5.49. The predicted molar refractivity (Wildman–Crippen MR) is 131 cm³/mol. The summed E-state index contributed by atoms with van der Waals surface area (Å²) < 4.78 is 0. The molecule has 4 amide bonds. The number of hydrogen-bond acceptors (Lipinski definition) is 8. The fourth-order valence-electron chi connectivity index (χ4n) is 3.02. The van der Waals surface area contributed by atoms with Crippen LogP contribution in [0.15, 0.2) is 4.99 Å². The van der Waals surface area contributed by atoms with E-state index in [2.05, 4.69) is 20.9 Å². The molecule has 0 aliphatic heterocycles. The Morgan fingerprint density at radius 2 is 1.42 bits per heavy atom. The average molecular weight is 517 g/mol. The molecule has 0 spiro atoms. The number of aliphatic hydroxyl groups excluding tert-OH is 1. The van der Waals surface area contributed by atoms with Crippen LogP contribution in [0.2, 0.25) is 0 Å². The summed E-state index contributed by atoms with van der Waals surface area (Å²) >= 11 is 0. The molecule has 6 unspecified atom stereocenters. The van der Waals surface area contributed by atoms with E-state index >= 15 is 0 Å². The van der Waals surface area contributed by atoms with E-state index in [0.717, 1.165) is 0 Å². The fraction of sp³-hybridized carbons (Fsp3) is 0.714. The molecule has 15 nitrogen and oxygen atoms in total. The maximum Gasteiger partial charge on any atom is 0.326 e. The number of primary amides is 1. The van der Waals surface area contributed by atoms with Gasteiger partial charge in [0.2, 0.25) is 23.6 Å². The molecule has 0 aromatic carbocycles. The van der Waals surface area contributed by atoms with Crippen LogP contribution in [0, 0.1) is 5.92 Å². The number of aliphatic imine (C=N–C) groups is 1. The number of amides is 4. The lowest BCUT2D eigenvalue weighted by atomic mass is 9.98. The molecule has 206 valence electrons. The third-order valence-electron chi connectivity index (χ3n) is 5.49. The van der Waals surface area contributed by atoms with Crippen LogP contribution in [0.5, 0.6) is 0 Å². The van der Waals surface area contributed by atoms with Crippen molar-refractivity contribution in [2.24, 2.45) is 33.8 Å². The van der Waals surface area contributed by atoms with Crippen molar-refractivity contribution in [1.82, 2.24) is 16.0 Å². The zero-order valence-corrected chi connectivity index (χ0v) is 20.9. The van der Waals surface area contributed by atoms with Gasteiger partial charge in [-0.25, -0.2) is 4.79 Å². The molecule has 0 rings (SSSR count). The second-order valence-electron chi connectivity index (χ2n) is 8.55. The fourth-order valence-corrected chi connectivity index (χ4v) is 3.02. The Bertz CT molecular complexity index is 801. The summed E-state index contributed by atoms with van der Waals surface area (Å²) in [7, 11) is 0. The average Bonchev–Trinajstić information content (AvgIpc) is 2.79. The van der Waals surface area contributed by atoms with Crippen molar-refractivity contribution in [3.8, 4) is 0 Å². The zero-order chi connectivity index (χ0) is 28.0. The number of nitrogens with zero attached hydrogens (tertiary/aromatic N) is 1. The van der Waals surface area contributed by atoms with Gasteiger partial charge in [0.1, 0.15) is 24.2 Å². The molecule has 0 aromatic heterocycles. The highest BCUT2D eigenvalue weighted by atomic mass is 16.4. The molecule has 0 aliphatic carbocycles. The second kappa shape index (κ2) is 16.3. The molecule has 0 aliphatic rings. The maximum atomic E-state index is 13.0. The number of carboxylic acid groups (broad SMARTS) is 1. The molecule has 13 N–H and O–H groups in total. The molecular formula is C21H40N8O7. The van der Waals surface area contributed by atoms with Crippen molar-refractivity contribution in [3.05, 3.63) is 0 Å². The molecule has 15 heteroatoms. The molecular weight excluding hydrogens is 476 g/mol. The van der Waals surface area contributed by atoms with Gasteiger partial charge in [0, 0.05) is 13.0 Å². The highest BCUT2D eigenvalue weighted by Gasteiger charge is 2.32. The number of guanidine groups is 1. The monoisotopic (exact) mass is 516 g/mol. The maximum absolute atomic E-state index is 13.0. The van der Waals surface area contributed by atoms with E-state index in [1.807, 2.05) is 0 Å². The lowest BCUT2D eigenvalue weighted by Crippen LogP contribution is -2.58. The van der Waals surface area contributed by atoms with Gasteiger partial charge >= 0.3 is 5.97 Å². The second-order valence-corrected chi connectivity index (χ2v) is 8.55. The largest absolute Gasteiger partial charge is 0.480 e. The van der Waals surface area contributed by atoms with Crippen LogP contribution in [-0.4, -0.2) is 82.6 Å². The molecule has 36 heavy (non-hydrogen) atoms. The standard InChI is InChI=1S/C21H40N8O7/c1-4-10(2)16(20(35)36)29-18(33)12(6-5-9-26-21(24)25)27-17(32)13(7-8-14(22)31)28-19(34)15(23)11(3)30/h10-13,15-16,30H,4-9,23H2,1-3H3,(H2,22,31)(H,27,32)(H,28,34)(H,29,33)(H,35,36)(H4,24,25,26). The number of carbonyl (C=O) groups excluding carboxylic acids is 4. The smallest absolute Gasteiger partial charge is 0.326 e. The van der Waals surface area contributed by atoms with Crippen molar-refractivity contribution < 1.29 is 34.2 Å². The van der Waals surface area contributed by atoms with Crippen molar-refractivity contribution >= 4 is 35.6 Å². The van der Waals surface area contributed by atoms with Crippen molar-refractivity contribution in [2.45, 2.75) is 83.1 Å². The number of aliphatic carboxylic acids is 1.